The lowest BCUT2D eigenvalue weighted by molar-refractivity contribution is -0.159. The molecule has 3 N–H and O–H groups in total. The number of carboxylic acids is 1. The van der Waals surface area contributed by atoms with Crippen molar-refractivity contribution in [2.75, 3.05) is 18.4 Å². The Morgan fingerprint density at radius 3 is 2.30 bits per heavy atom. The number of carboxylic acid groups (broad SMARTS) is 1. The van der Waals surface area contributed by atoms with Crippen LogP contribution < -0.4 is 10.6 Å². The molecule has 0 aromatic heterocycles. The highest BCUT2D eigenvalue weighted by Crippen LogP contribution is 2.44. The van der Waals surface area contributed by atoms with Gasteiger partial charge < -0.3 is 20.6 Å². The van der Waals surface area contributed by atoms with Gasteiger partial charge >= 0.3 is 12.0 Å². The number of nitrogens with one attached hydrogen (secondary N) is 2. The first-order valence-electron chi connectivity index (χ1n) is 9.22. The van der Waals surface area contributed by atoms with Gasteiger partial charge in [-0.3, -0.25) is 9.59 Å². The van der Waals surface area contributed by atoms with Crippen molar-refractivity contribution in [2.24, 2.45) is 5.41 Å². The molecule has 1 heterocycles. The molecule has 1 aromatic carbocycles. The van der Waals surface area contributed by atoms with Gasteiger partial charge in [0.15, 0.2) is 0 Å². The van der Waals surface area contributed by atoms with E-state index in [1.54, 1.807) is 4.90 Å². The molecule has 0 atom stereocenters. The van der Waals surface area contributed by atoms with E-state index in [-0.39, 0.29) is 30.2 Å². The predicted molar refractivity (Wildman–Crippen MR) is 96.7 cm³/mol. The van der Waals surface area contributed by atoms with Gasteiger partial charge in [0.2, 0.25) is 5.91 Å². The van der Waals surface area contributed by atoms with Gasteiger partial charge in [-0.1, -0.05) is 6.42 Å². The standard InChI is InChI=1S/C19H24FN3O4/c20-13-2-4-14(5-3-13)21-18(27)22-15-6-10-23(11-7-15)16(24)12-19(17(25)26)8-1-9-19/h2-5,15H,1,6-12H2,(H,25,26)(H2,21,22,27). The van der Waals surface area contributed by atoms with Crippen molar-refractivity contribution in [3.8, 4) is 0 Å². The molecule has 1 aliphatic heterocycles. The van der Waals surface area contributed by atoms with Crippen LogP contribution in [0.3, 0.4) is 0 Å². The Bertz CT molecular complexity index is 710. The zero-order chi connectivity index (χ0) is 19.4. The summed E-state index contributed by atoms with van der Waals surface area (Å²) in [5.41, 5.74) is -0.373. The SMILES string of the molecule is O=C(Nc1ccc(F)cc1)NC1CCN(C(=O)CC2(C(=O)O)CCC2)CC1. The van der Waals surface area contributed by atoms with Gasteiger partial charge in [-0.2, -0.15) is 0 Å². The minimum atomic E-state index is -0.879. The molecule has 146 valence electrons. The van der Waals surface area contributed by atoms with E-state index in [0.29, 0.717) is 44.5 Å². The molecule has 1 saturated carbocycles. The average Bonchev–Trinajstić information content (AvgIpc) is 2.60. The van der Waals surface area contributed by atoms with Crippen LogP contribution >= 0.6 is 0 Å². The number of aliphatic carboxylic acids is 1. The summed E-state index contributed by atoms with van der Waals surface area (Å²) in [5.74, 6) is -1.37. The van der Waals surface area contributed by atoms with E-state index < -0.39 is 11.4 Å². The smallest absolute Gasteiger partial charge is 0.319 e. The van der Waals surface area contributed by atoms with Crippen molar-refractivity contribution < 1.29 is 23.9 Å². The number of rotatable bonds is 5. The number of hydrogen-bond acceptors (Lipinski definition) is 3. The minimum Gasteiger partial charge on any atom is -0.481 e. The highest BCUT2D eigenvalue weighted by Gasteiger charge is 2.46. The fraction of sp³-hybridized carbons (Fsp3) is 0.526. The molecule has 2 fully saturated rings. The normalized spacial score (nSPS) is 19.1. The Hall–Kier alpha value is -2.64. The molecule has 1 saturated heterocycles. The molecule has 1 aromatic rings. The number of benzene rings is 1. The number of carbonyl (C=O) groups is 3. The topological polar surface area (TPSA) is 98.7 Å². The molecule has 0 unspecified atom stereocenters. The highest BCUT2D eigenvalue weighted by molar-refractivity contribution is 5.89. The number of amides is 3. The fourth-order valence-electron chi connectivity index (χ4n) is 3.63. The van der Waals surface area contributed by atoms with Crippen LogP contribution in [0, 0.1) is 11.2 Å². The third kappa shape index (κ3) is 4.56. The monoisotopic (exact) mass is 377 g/mol. The van der Waals surface area contributed by atoms with Crippen molar-refractivity contribution >= 4 is 23.6 Å². The Morgan fingerprint density at radius 1 is 1.15 bits per heavy atom. The molecular weight excluding hydrogens is 353 g/mol. The molecule has 0 spiro atoms. The number of piperidine rings is 1. The molecule has 0 radical (unpaired) electrons. The maximum Gasteiger partial charge on any atom is 0.319 e. The van der Waals surface area contributed by atoms with E-state index in [2.05, 4.69) is 10.6 Å². The fourth-order valence-corrected chi connectivity index (χ4v) is 3.63. The van der Waals surface area contributed by atoms with E-state index in [0.717, 1.165) is 6.42 Å². The summed E-state index contributed by atoms with van der Waals surface area (Å²) in [6, 6.07) is 5.07. The first-order chi connectivity index (χ1) is 12.9. The van der Waals surface area contributed by atoms with Gasteiger partial charge in [-0.05, 0) is 49.9 Å². The number of nitrogens with zero attached hydrogens (tertiary/aromatic N) is 1. The van der Waals surface area contributed by atoms with Crippen LogP contribution in [0.25, 0.3) is 0 Å². The molecule has 7 nitrogen and oxygen atoms in total. The average molecular weight is 377 g/mol. The zero-order valence-corrected chi connectivity index (χ0v) is 15.0. The number of hydrogen-bond donors (Lipinski definition) is 3. The Kier molecular flexibility index (Phi) is 5.62. The number of carbonyl (C=O) groups excluding carboxylic acids is 2. The van der Waals surface area contributed by atoms with E-state index in [1.807, 2.05) is 0 Å². The van der Waals surface area contributed by atoms with Crippen LogP contribution in [0.2, 0.25) is 0 Å². The summed E-state index contributed by atoms with van der Waals surface area (Å²) in [7, 11) is 0. The van der Waals surface area contributed by atoms with Crippen LogP contribution in [0.4, 0.5) is 14.9 Å². The third-order valence-electron chi connectivity index (χ3n) is 5.54. The van der Waals surface area contributed by atoms with Crippen molar-refractivity contribution in [3.63, 3.8) is 0 Å². The predicted octanol–water partition coefficient (Wildman–Crippen LogP) is 2.58. The maximum atomic E-state index is 12.9. The number of halogens is 1. The molecule has 27 heavy (non-hydrogen) atoms. The number of likely N-dealkylation sites (tertiary alicyclic amines) is 1. The van der Waals surface area contributed by atoms with Crippen molar-refractivity contribution in [3.05, 3.63) is 30.1 Å². The lowest BCUT2D eigenvalue weighted by atomic mass is 9.66. The summed E-state index contributed by atoms with van der Waals surface area (Å²) in [5, 5.41) is 14.9. The second-order valence-corrected chi connectivity index (χ2v) is 7.38. The first-order valence-corrected chi connectivity index (χ1v) is 9.22. The van der Waals surface area contributed by atoms with E-state index in [9.17, 15) is 23.9 Å². The van der Waals surface area contributed by atoms with Gasteiger partial charge in [0, 0.05) is 31.2 Å². The van der Waals surface area contributed by atoms with Crippen molar-refractivity contribution in [1.29, 1.82) is 0 Å². The van der Waals surface area contributed by atoms with Gasteiger partial charge in [0.05, 0.1) is 5.41 Å². The highest BCUT2D eigenvalue weighted by atomic mass is 19.1. The quantitative estimate of drug-likeness (QED) is 0.734. The lowest BCUT2D eigenvalue weighted by Gasteiger charge is -2.39. The second-order valence-electron chi connectivity index (χ2n) is 7.38. The Balaban J connectivity index is 1.43. The molecule has 2 aliphatic rings. The van der Waals surface area contributed by atoms with E-state index >= 15 is 0 Å². The number of anilines is 1. The van der Waals surface area contributed by atoms with Crippen LogP contribution in [0.1, 0.15) is 38.5 Å². The molecular formula is C19H24FN3O4. The molecule has 1 aliphatic carbocycles. The van der Waals surface area contributed by atoms with Crippen LogP contribution in [-0.2, 0) is 9.59 Å². The Labute approximate surface area is 156 Å². The van der Waals surface area contributed by atoms with Crippen molar-refractivity contribution in [1.82, 2.24) is 10.2 Å². The molecule has 3 amide bonds. The van der Waals surface area contributed by atoms with Gasteiger partial charge in [0.1, 0.15) is 5.82 Å². The molecule has 3 rings (SSSR count). The summed E-state index contributed by atoms with van der Waals surface area (Å²) >= 11 is 0. The van der Waals surface area contributed by atoms with Crippen LogP contribution in [-0.4, -0.2) is 47.0 Å². The lowest BCUT2D eigenvalue weighted by Crippen LogP contribution is -2.49. The van der Waals surface area contributed by atoms with Crippen LogP contribution in [0.5, 0.6) is 0 Å². The summed E-state index contributed by atoms with van der Waals surface area (Å²) < 4.78 is 12.9. The Morgan fingerprint density at radius 2 is 1.78 bits per heavy atom. The maximum absolute atomic E-state index is 12.9. The minimum absolute atomic E-state index is 0.0610. The second kappa shape index (κ2) is 7.94. The molecule has 0 bridgehead atoms. The van der Waals surface area contributed by atoms with E-state index in [1.165, 1.54) is 24.3 Å². The number of urea groups is 1. The zero-order valence-electron chi connectivity index (χ0n) is 15.0. The van der Waals surface area contributed by atoms with Gasteiger partial charge in [-0.15, -0.1) is 0 Å². The first kappa shape index (κ1) is 19.1. The van der Waals surface area contributed by atoms with Gasteiger partial charge in [-0.25, -0.2) is 9.18 Å². The summed E-state index contributed by atoms with van der Waals surface area (Å²) in [6.45, 7) is 0.992. The summed E-state index contributed by atoms with van der Waals surface area (Å²) in [6.07, 6.45) is 3.27. The molecule has 8 heteroatoms. The van der Waals surface area contributed by atoms with Crippen LogP contribution in [0.15, 0.2) is 24.3 Å². The van der Waals surface area contributed by atoms with Gasteiger partial charge in [0.25, 0.3) is 0 Å². The van der Waals surface area contributed by atoms with Crippen molar-refractivity contribution in [2.45, 2.75) is 44.6 Å². The van der Waals surface area contributed by atoms with E-state index in [4.69, 9.17) is 0 Å². The largest absolute Gasteiger partial charge is 0.481 e. The summed E-state index contributed by atoms with van der Waals surface area (Å²) in [4.78, 5) is 37.6. The third-order valence-corrected chi connectivity index (χ3v) is 5.54.